The Bertz CT molecular complexity index is 276. The molecule has 1 aromatic rings. The van der Waals surface area contributed by atoms with Crippen molar-refractivity contribution >= 4 is 5.91 Å². The molecular weight excluding hydrogens is 154 g/mol. The minimum Gasteiger partial charge on any atom is -0.469 e. The van der Waals surface area contributed by atoms with Gasteiger partial charge in [0.05, 0.1) is 12.7 Å². The average molecular weight is 167 g/mol. The Kier molecular flexibility index (Phi) is 2.53. The molecule has 0 aliphatic rings. The first-order valence-electron chi connectivity index (χ1n) is 3.84. The van der Waals surface area contributed by atoms with Crippen LogP contribution in [0.2, 0.25) is 0 Å². The number of nitrogens with zero attached hydrogens (tertiary/aromatic N) is 1. The molecule has 3 nitrogen and oxygen atoms in total. The van der Waals surface area contributed by atoms with Crippen molar-refractivity contribution in [2.24, 2.45) is 0 Å². The summed E-state index contributed by atoms with van der Waals surface area (Å²) in [6.45, 7) is 1.86. The maximum Gasteiger partial charge on any atom is 0.226 e. The molecule has 0 saturated carbocycles. The summed E-state index contributed by atoms with van der Waals surface area (Å²) in [7, 11) is 3.50. The first kappa shape index (κ1) is 8.84. The van der Waals surface area contributed by atoms with Crippen molar-refractivity contribution in [3.05, 3.63) is 23.7 Å². The molecule has 0 radical (unpaired) electrons. The van der Waals surface area contributed by atoms with Crippen molar-refractivity contribution < 1.29 is 9.21 Å². The Morgan fingerprint density at radius 3 is 2.67 bits per heavy atom. The van der Waals surface area contributed by atoms with Gasteiger partial charge in [0.15, 0.2) is 0 Å². The highest BCUT2D eigenvalue weighted by Crippen LogP contribution is 2.09. The Labute approximate surface area is 72.0 Å². The van der Waals surface area contributed by atoms with Crippen LogP contribution >= 0.6 is 0 Å². The quantitative estimate of drug-likeness (QED) is 0.663. The third kappa shape index (κ3) is 1.87. The van der Waals surface area contributed by atoms with E-state index < -0.39 is 0 Å². The van der Waals surface area contributed by atoms with E-state index in [-0.39, 0.29) is 5.91 Å². The molecule has 1 aromatic heterocycles. The normalized spacial score (nSPS) is 9.92. The molecule has 3 heteroatoms. The predicted molar refractivity (Wildman–Crippen MR) is 45.8 cm³/mol. The van der Waals surface area contributed by atoms with Crippen molar-refractivity contribution in [3.63, 3.8) is 0 Å². The van der Waals surface area contributed by atoms with Gasteiger partial charge in [0, 0.05) is 19.7 Å². The van der Waals surface area contributed by atoms with Crippen LogP contribution in [0, 0.1) is 6.92 Å². The molecule has 0 bridgehead atoms. The Morgan fingerprint density at radius 2 is 2.25 bits per heavy atom. The van der Waals surface area contributed by atoms with Gasteiger partial charge in [-0.1, -0.05) is 0 Å². The van der Waals surface area contributed by atoms with Gasteiger partial charge in [-0.3, -0.25) is 4.79 Å². The lowest BCUT2D eigenvalue weighted by molar-refractivity contribution is -0.127. The van der Waals surface area contributed by atoms with E-state index in [2.05, 4.69) is 0 Å². The van der Waals surface area contributed by atoms with Crippen molar-refractivity contribution in [2.45, 2.75) is 13.3 Å². The van der Waals surface area contributed by atoms with Crippen molar-refractivity contribution in [1.29, 1.82) is 0 Å². The molecule has 0 atom stereocenters. The highest BCUT2D eigenvalue weighted by molar-refractivity contribution is 5.78. The number of hydrogen-bond donors (Lipinski definition) is 0. The van der Waals surface area contributed by atoms with Crippen molar-refractivity contribution in [2.75, 3.05) is 14.1 Å². The Balaban J connectivity index is 2.64. The van der Waals surface area contributed by atoms with E-state index in [1.54, 1.807) is 25.3 Å². The third-order valence-electron chi connectivity index (χ3n) is 1.81. The van der Waals surface area contributed by atoms with E-state index in [1.807, 2.05) is 13.0 Å². The number of likely N-dealkylation sites (N-methyl/N-ethyl adjacent to an activating group) is 1. The number of furan rings is 1. The predicted octanol–water partition coefficient (Wildman–Crippen LogP) is 1.22. The fourth-order valence-corrected chi connectivity index (χ4v) is 0.916. The summed E-state index contributed by atoms with van der Waals surface area (Å²) >= 11 is 0. The van der Waals surface area contributed by atoms with Crippen LogP contribution < -0.4 is 0 Å². The SMILES string of the molecule is Cc1occc1CC(=O)N(C)C. The summed E-state index contributed by atoms with van der Waals surface area (Å²) in [5.41, 5.74) is 0.966. The van der Waals surface area contributed by atoms with Crippen LogP contribution in [-0.2, 0) is 11.2 Å². The first-order valence-corrected chi connectivity index (χ1v) is 3.84. The maximum atomic E-state index is 11.2. The zero-order chi connectivity index (χ0) is 9.14. The number of amides is 1. The molecule has 66 valence electrons. The highest BCUT2D eigenvalue weighted by Gasteiger charge is 2.08. The average Bonchev–Trinajstić information content (AvgIpc) is 2.36. The lowest BCUT2D eigenvalue weighted by Crippen LogP contribution is -2.23. The highest BCUT2D eigenvalue weighted by atomic mass is 16.3. The minimum absolute atomic E-state index is 0.0968. The first-order chi connectivity index (χ1) is 5.61. The Hall–Kier alpha value is -1.25. The summed E-state index contributed by atoms with van der Waals surface area (Å²) < 4.78 is 5.07. The standard InChI is InChI=1S/C9H13NO2/c1-7-8(4-5-12-7)6-9(11)10(2)3/h4-5H,6H2,1-3H3. The molecule has 1 amide bonds. The largest absolute Gasteiger partial charge is 0.469 e. The third-order valence-corrected chi connectivity index (χ3v) is 1.81. The van der Waals surface area contributed by atoms with Crippen LogP contribution in [-0.4, -0.2) is 24.9 Å². The monoisotopic (exact) mass is 167 g/mol. The fourth-order valence-electron chi connectivity index (χ4n) is 0.916. The number of carbonyl (C=O) groups is 1. The molecule has 0 aliphatic heterocycles. The maximum absolute atomic E-state index is 11.2. The van der Waals surface area contributed by atoms with Crippen molar-refractivity contribution in [3.8, 4) is 0 Å². The lowest BCUT2D eigenvalue weighted by atomic mass is 10.2. The van der Waals surface area contributed by atoms with E-state index in [0.29, 0.717) is 6.42 Å². The van der Waals surface area contributed by atoms with E-state index in [0.717, 1.165) is 11.3 Å². The summed E-state index contributed by atoms with van der Waals surface area (Å²) in [5.74, 6) is 0.921. The summed E-state index contributed by atoms with van der Waals surface area (Å²) in [5, 5.41) is 0. The van der Waals surface area contributed by atoms with Gasteiger partial charge in [-0.25, -0.2) is 0 Å². The molecule has 0 fully saturated rings. The zero-order valence-corrected chi connectivity index (χ0v) is 7.63. The van der Waals surface area contributed by atoms with Gasteiger partial charge >= 0.3 is 0 Å². The van der Waals surface area contributed by atoms with E-state index >= 15 is 0 Å². The molecular formula is C9H13NO2. The molecule has 12 heavy (non-hydrogen) atoms. The number of hydrogen-bond acceptors (Lipinski definition) is 2. The van der Waals surface area contributed by atoms with Crippen LogP contribution in [0.1, 0.15) is 11.3 Å². The van der Waals surface area contributed by atoms with Crippen LogP contribution in [0.25, 0.3) is 0 Å². The lowest BCUT2D eigenvalue weighted by Gasteiger charge is -2.08. The molecule has 0 saturated heterocycles. The van der Waals surface area contributed by atoms with Gasteiger partial charge in [-0.15, -0.1) is 0 Å². The second kappa shape index (κ2) is 3.43. The minimum atomic E-state index is 0.0968. The molecule has 0 unspecified atom stereocenters. The summed E-state index contributed by atoms with van der Waals surface area (Å²) in [4.78, 5) is 12.8. The van der Waals surface area contributed by atoms with Gasteiger partial charge in [0.2, 0.25) is 5.91 Å². The van der Waals surface area contributed by atoms with E-state index in [4.69, 9.17) is 4.42 Å². The van der Waals surface area contributed by atoms with Crippen LogP contribution in [0.5, 0.6) is 0 Å². The van der Waals surface area contributed by atoms with Gasteiger partial charge in [-0.05, 0) is 13.0 Å². The van der Waals surface area contributed by atoms with Gasteiger partial charge < -0.3 is 9.32 Å². The second-order valence-electron chi connectivity index (χ2n) is 2.97. The van der Waals surface area contributed by atoms with Crippen LogP contribution in [0.15, 0.2) is 16.7 Å². The fraction of sp³-hybridized carbons (Fsp3) is 0.444. The summed E-state index contributed by atoms with van der Waals surface area (Å²) in [6, 6.07) is 1.83. The van der Waals surface area contributed by atoms with Gasteiger partial charge in [0.1, 0.15) is 5.76 Å². The molecule has 0 spiro atoms. The summed E-state index contributed by atoms with van der Waals surface area (Å²) in [6.07, 6.45) is 2.03. The molecule has 0 N–H and O–H groups in total. The molecule has 1 rings (SSSR count). The number of aryl methyl sites for hydroxylation is 1. The van der Waals surface area contributed by atoms with Gasteiger partial charge in [0.25, 0.3) is 0 Å². The molecule has 1 heterocycles. The van der Waals surface area contributed by atoms with Gasteiger partial charge in [-0.2, -0.15) is 0 Å². The van der Waals surface area contributed by atoms with Crippen molar-refractivity contribution in [1.82, 2.24) is 4.90 Å². The van der Waals surface area contributed by atoms with E-state index in [9.17, 15) is 4.79 Å². The Morgan fingerprint density at radius 1 is 1.58 bits per heavy atom. The smallest absolute Gasteiger partial charge is 0.226 e. The molecule has 0 aromatic carbocycles. The molecule has 0 aliphatic carbocycles. The number of carbonyl (C=O) groups excluding carboxylic acids is 1. The second-order valence-corrected chi connectivity index (χ2v) is 2.97. The zero-order valence-electron chi connectivity index (χ0n) is 7.63. The van der Waals surface area contributed by atoms with Crippen LogP contribution in [0.4, 0.5) is 0 Å². The van der Waals surface area contributed by atoms with Crippen LogP contribution in [0.3, 0.4) is 0 Å². The number of rotatable bonds is 2. The topological polar surface area (TPSA) is 33.5 Å². The van der Waals surface area contributed by atoms with E-state index in [1.165, 1.54) is 0 Å².